The highest BCUT2D eigenvalue weighted by Crippen LogP contribution is 2.66. The molecule has 0 radical (unpaired) electrons. The zero-order valence-corrected chi connectivity index (χ0v) is 15.7. The van der Waals surface area contributed by atoms with Gasteiger partial charge < -0.3 is 9.47 Å². The quantitative estimate of drug-likeness (QED) is 0.501. The van der Waals surface area contributed by atoms with E-state index in [9.17, 15) is 9.59 Å². The minimum atomic E-state index is -0.498. The summed E-state index contributed by atoms with van der Waals surface area (Å²) >= 11 is 6.03. The maximum absolute atomic E-state index is 11.8. The Bertz CT molecular complexity index is 572. The number of esters is 2. The molecule has 3 heterocycles. The Balaban J connectivity index is 1.84. The predicted molar refractivity (Wildman–Crippen MR) is 95.5 cm³/mol. The van der Waals surface area contributed by atoms with E-state index < -0.39 is 11.9 Å². The molecule has 0 fully saturated rings. The number of carbonyl (C=O) groups is 2. The highest BCUT2D eigenvalue weighted by atomic mass is 33.1. The Morgan fingerprint density at radius 2 is 1.43 bits per heavy atom. The van der Waals surface area contributed by atoms with Gasteiger partial charge in [0.2, 0.25) is 0 Å². The number of thioether (sulfide) groups is 4. The molecule has 112 valence electrons. The standard InChI is InChI=1S/C11H8O4S6/c1-14-7(12)5-6(8(13)15-2)19-11(18-5)10-17-4-3-16-21-9(4)20-10/h3H2,1-2H3. The highest BCUT2D eigenvalue weighted by molar-refractivity contribution is 8.81. The van der Waals surface area contributed by atoms with Gasteiger partial charge in [-0.05, 0) is 10.8 Å². The molecule has 3 aliphatic heterocycles. The van der Waals surface area contributed by atoms with Crippen LogP contribution in [0.1, 0.15) is 0 Å². The van der Waals surface area contributed by atoms with Gasteiger partial charge in [0.1, 0.15) is 9.81 Å². The van der Waals surface area contributed by atoms with Crippen LogP contribution < -0.4 is 0 Å². The van der Waals surface area contributed by atoms with Gasteiger partial charge in [0, 0.05) is 10.7 Å². The topological polar surface area (TPSA) is 52.6 Å². The lowest BCUT2D eigenvalue weighted by atomic mass is 10.5. The van der Waals surface area contributed by atoms with Gasteiger partial charge in [0.15, 0.2) is 0 Å². The molecule has 0 saturated heterocycles. The number of hydrogen-bond acceptors (Lipinski definition) is 10. The molecule has 0 N–H and O–H groups in total. The van der Waals surface area contributed by atoms with E-state index in [0.717, 1.165) is 14.2 Å². The first kappa shape index (κ1) is 16.1. The third kappa shape index (κ3) is 3.16. The summed E-state index contributed by atoms with van der Waals surface area (Å²) in [5, 5.41) is 0. The van der Waals surface area contributed by atoms with Crippen LogP contribution in [-0.4, -0.2) is 31.9 Å². The molecule has 0 spiro atoms. The molecule has 0 aromatic heterocycles. The molecular formula is C11H8O4S6. The maximum atomic E-state index is 11.8. The van der Waals surface area contributed by atoms with Crippen molar-refractivity contribution in [2.24, 2.45) is 0 Å². The summed E-state index contributed by atoms with van der Waals surface area (Å²) in [5.74, 6) is 0.0223. The van der Waals surface area contributed by atoms with Gasteiger partial charge in [0.25, 0.3) is 0 Å². The molecule has 0 unspecified atom stereocenters. The van der Waals surface area contributed by atoms with Crippen molar-refractivity contribution in [3.63, 3.8) is 0 Å². The van der Waals surface area contributed by atoms with Crippen LogP contribution in [0, 0.1) is 0 Å². The fourth-order valence-electron chi connectivity index (χ4n) is 1.52. The van der Waals surface area contributed by atoms with Crippen LogP contribution in [0.4, 0.5) is 0 Å². The number of ether oxygens (including phenoxy) is 2. The van der Waals surface area contributed by atoms with Gasteiger partial charge in [0.05, 0.1) is 26.9 Å². The van der Waals surface area contributed by atoms with Crippen LogP contribution in [0.25, 0.3) is 0 Å². The van der Waals surface area contributed by atoms with Crippen molar-refractivity contribution in [3.05, 3.63) is 27.4 Å². The second-order valence-electron chi connectivity index (χ2n) is 3.68. The van der Waals surface area contributed by atoms with Gasteiger partial charge >= 0.3 is 11.9 Å². The molecule has 0 atom stereocenters. The van der Waals surface area contributed by atoms with E-state index in [1.54, 1.807) is 34.3 Å². The predicted octanol–water partition coefficient (Wildman–Crippen LogP) is 4.19. The number of methoxy groups -OCH3 is 2. The summed E-state index contributed by atoms with van der Waals surface area (Å²) in [6, 6.07) is 0. The van der Waals surface area contributed by atoms with Crippen molar-refractivity contribution in [1.29, 1.82) is 0 Å². The fraction of sp³-hybridized carbons (Fsp3) is 0.273. The molecule has 10 heteroatoms. The normalized spacial score (nSPS) is 21.2. The third-order valence-electron chi connectivity index (χ3n) is 2.46. The molecule has 3 rings (SSSR count). The molecule has 0 amide bonds. The van der Waals surface area contributed by atoms with E-state index in [-0.39, 0.29) is 0 Å². The van der Waals surface area contributed by atoms with Crippen LogP contribution in [0.2, 0.25) is 0 Å². The highest BCUT2D eigenvalue weighted by Gasteiger charge is 2.37. The summed E-state index contributed by atoms with van der Waals surface area (Å²) in [6.45, 7) is 0. The lowest BCUT2D eigenvalue weighted by Crippen LogP contribution is -2.08. The van der Waals surface area contributed by atoms with E-state index in [0.29, 0.717) is 9.81 Å². The van der Waals surface area contributed by atoms with E-state index in [1.807, 2.05) is 10.8 Å². The van der Waals surface area contributed by atoms with Crippen LogP contribution in [0.15, 0.2) is 27.4 Å². The Morgan fingerprint density at radius 1 is 0.857 bits per heavy atom. The van der Waals surface area contributed by atoms with Crippen molar-refractivity contribution in [2.45, 2.75) is 0 Å². The Labute approximate surface area is 146 Å². The van der Waals surface area contributed by atoms with Crippen LogP contribution in [0.3, 0.4) is 0 Å². The van der Waals surface area contributed by atoms with Gasteiger partial charge in [-0.15, -0.1) is 0 Å². The fourth-order valence-corrected chi connectivity index (χ4v) is 10.7. The number of hydrogen-bond donors (Lipinski definition) is 0. The van der Waals surface area contributed by atoms with Crippen LogP contribution in [-0.2, 0) is 19.1 Å². The first-order valence-corrected chi connectivity index (χ1v) is 11.1. The van der Waals surface area contributed by atoms with E-state index in [1.165, 1.54) is 46.9 Å². The Hall–Kier alpha value is 0.260. The maximum Gasteiger partial charge on any atom is 0.346 e. The molecule has 4 nitrogen and oxygen atoms in total. The average molecular weight is 397 g/mol. The molecule has 0 aromatic carbocycles. The lowest BCUT2D eigenvalue weighted by Gasteiger charge is -2.03. The zero-order chi connectivity index (χ0) is 15.0. The summed E-state index contributed by atoms with van der Waals surface area (Å²) in [7, 11) is 6.24. The minimum absolute atomic E-state index is 0.312. The van der Waals surface area contributed by atoms with Crippen LogP contribution >= 0.6 is 68.6 Å². The summed E-state index contributed by atoms with van der Waals surface area (Å²) < 4.78 is 12.9. The molecule has 0 saturated carbocycles. The van der Waals surface area contributed by atoms with Crippen molar-refractivity contribution in [2.75, 3.05) is 20.0 Å². The average Bonchev–Trinajstić information content (AvgIpc) is 3.17. The lowest BCUT2D eigenvalue weighted by molar-refractivity contribution is -0.138. The number of carbonyl (C=O) groups excluding carboxylic acids is 2. The smallest absolute Gasteiger partial charge is 0.346 e. The first-order chi connectivity index (χ1) is 10.1. The minimum Gasteiger partial charge on any atom is -0.465 e. The molecule has 0 aromatic rings. The van der Waals surface area contributed by atoms with Gasteiger partial charge in [-0.1, -0.05) is 57.8 Å². The summed E-state index contributed by atoms with van der Waals surface area (Å²) in [5.41, 5.74) is 0. The molecule has 21 heavy (non-hydrogen) atoms. The zero-order valence-electron chi connectivity index (χ0n) is 10.8. The molecule has 3 aliphatic rings. The van der Waals surface area contributed by atoms with Crippen molar-refractivity contribution in [1.82, 2.24) is 0 Å². The largest absolute Gasteiger partial charge is 0.465 e. The Morgan fingerprint density at radius 3 is 1.95 bits per heavy atom. The SMILES string of the molecule is COC(=O)C1=C(C(=O)OC)SC(=C2SC3=C(SSC3)S2)S1. The third-order valence-corrected chi connectivity index (χ3v) is 11.2. The molecule has 0 bridgehead atoms. The first-order valence-electron chi connectivity index (χ1n) is 5.53. The molecule has 0 aliphatic carbocycles. The van der Waals surface area contributed by atoms with Crippen molar-refractivity contribution in [3.8, 4) is 0 Å². The summed E-state index contributed by atoms with van der Waals surface area (Å²) in [4.78, 5) is 25.6. The van der Waals surface area contributed by atoms with E-state index in [4.69, 9.17) is 9.47 Å². The van der Waals surface area contributed by atoms with E-state index in [2.05, 4.69) is 0 Å². The van der Waals surface area contributed by atoms with Gasteiger partial charge in [-0.25, -0.2) is 9.59 Å². The summed E-state index contributed by atoms with van der Waals surface area (Å²) in [6.07, 6.45) is 0. The van der Waals surface area contributed by atoms with Gasteiger partial charge in [-0.2, -0.15) is 0 Å². The molecular weight excluding hydrogens is 389 g/mol. The second kappa shape index (κ2) is 6.79. The number of rotatable bonds is 2. The second-order valence-corrected chi connectivity index (χ2v) is 10.9. The van der Waals surface area contributed by atoms with Gasteiger partial charge in [-0.3, -0.25) is 0 Å². The Kier molecular flexibility index (Phi) is 5.22. The van der Waals surface area contributed by atoms with E-state index >= 15 is 0 Å². The monoisotopic (exact) mass is 396 g/mol. The van der Waals surface area contributed by atoms with Crippen molar-refractivity contribution < 1.29 is 19.1 Å². The van der Waals surface area contributed by atoms with Crippen molar-refractivity contribution >= 4 is 80.6 Å². The van der Waals surface area contributed by atoms with Crippen LogP contribution in [0.5, 0.6) is 0 Å².